The molecule has 0 atom stereocenters. The van der Waals surface area contributed by atoms with Crippen molar-refractivity contribution in [3.8, 4) is 11.3 Å². The fourth-order valence-corrected chi connectivity index (χ4v) is 4.40. The van der Waals surface area contributed by atoms with E-state index in [-0.39, 0.29) is 11.0 Å². The molecule has 0 saturated carbocycles. The fourth-order valence-electron chi connectivity index (χ4n) is 4.40. The van der Waals surface area contributed by atoms with Gasteiger partial charge in [0.15, 0.2) is 0 Å². The molecule has 1 aliphatic heterocycles. The third-order valence-electron chi connectivity index (χ3n) is 5.97. The highest BCUT2D eigenvalue weighted by molar-refractivity contribution is 5.92. The smallest absolute Gasteiger partial charge is 0.420 e. The largest absolute Gasteiger partial charge is 0.443 e. The molecule has 7 nitrogen and oxygen atoms in total. The molecule has 0 amide bonds. The number of nitrogens with zero attached hydrogens (tertiary/aromatic N) is 4. The minimum Gasteiger partial charge on any atom is -0.443 e. The van der Waals surface area contributed by atoms with Crippen molar-refractivity contribution in [3.05, 3.63) is 47.4 Å². The standard InChI is InChI=1S/C26H31F3N4O3/c1-25(2,3)36-24(34)33-14-20(26(27,28)29)19-12-17(13-30-23(19)33)21-7-6-18(16-8-10-35-11-9-16)22(31-21)15-32(4)5/h6-7,12-14,16H,8-11,15H2,1-5H3. The Balaban J connectivity index is 1.80. The van der Waals surface area contributed by atoms with Crippen LogP contribution in [-0.4, -0.2) is 58.4 Å². The lowest BCUT2D eigenvalue weighted by atomic mass is 9.90. The van der Waals surface area contributed by atoms with E-state index in [1.165, 1.54) is 12.3 Å². The summed E-state index contributed by atoms with van der Waals surface area (Å²) < 4.78 is 53.3. The van der Waals surface area contributed by atoms with Gasteiger partial charge in [-0.05, 0) is 71.3 Å². The monoisotopic (exact) mass is 504 g/mol. The van der Waals surface area contributed by atoms with Gasteiger partial charge in [0.05, 0.1) is 17.0 Å². The van der Waals surface area contributed by atoms with Crippen molar-refractivity contribution in [2.75, 3.05) is 27.3 Å². The lowest BCUT2D eigenvalue weighted by molar-refractivity contribution is -0.136. The molecule has 1 fully saturated rings. The zero-order valence-corrected chi connectivity index (χ0v) is 21.1. The second-order valence-corrected chi connectivity index (χ2v) is 10.3. The lowest BCUT2D eigenvalue weighted by Gasteiger charge is -2.25. The van der Waals surface area contributed by atoms with Crippen molar-refractivity contribution in [2.24, 2.45) is 0 Å². The van der Waals surface area contributed by atoms with Crippen LogP contribution in [0.5, 0.6) is 0 Å². The number of halogens is 3. The van der Waals surface area contributed by atoms with Gasteiger partial charge in [0.25, 0.3) is 0 Å². The molecule has 0 bridgehead atoms. The normalized spacial score (nSPS) is 15.6. The summed E-state index contributed by atoms with van der Waals surface area (Å²) in [4.78, 5) is 23.7. The van der Waals surface area contributed by atoms with Crippen molar-refractivity contribution in [1.29, 1.82) is 0 Å². The van der Waals surface area contributed by atoms with Crippen LogP contribution in [0.1, 0.15) is 56.4 Å². The van der Waals surface area contributed by atoms with E-state index in [9.17, 15) is 18.0 Å². The van der Waals surface area contributed by atoms with Crippen LogP contribution in [0.25, 0.3) is 22.3 Å². The second-order valence-electron chi connectivity index (χ2n) is 10.3. The highest BCUT2D eigenvalue weighted by Crippen LogP contribution is 2.38. The summed E-state index contributed by atoms with van der Waals surface area (Å²) in [7, 11) is 3.90. The SMILES string of the molecule is CN(C)Cc1nc(-c2cnc3c(c2)c(C(F)(F)F)cn3C(=O)OC(C)(C)C)ccc1C1CCOCC1. The van der Waals surface area contributed by atoms with Gasteiger partial charge in [-0.1, -0.05) is 6.07 Å². The summed E-state index contributed by atoms with van der Waals surface area (Å²) in [5.74, 6) is 0.329. The van der Waals surface area contributed by atoms with Crippen molar-refractivity contribution in [2.45, 2.75) is 57.9 Å². The maximum atomic E-state index is 13.9. The summed E-state index contributed by atoms with van der Waals surface area (Å²) in [6.07, 6.45) is -1.60. The predicted molar refractivity (Wildman–Crippen MR) is 130 cm³/mol. The molecule has 3 aromatic rings. The number of hydrogen-bond donors (Lipinski definition) is 0. The first-order valence-corrected chi connectivity index (χ1v) is 11.9. The Hall–Kier alpha value is -2.98. The summed E-state index contributed by atoms with van der Waals surface area (Å²) in [6.45, 7) is 6.93. The van der Waals surface area contributed by atoms with Crippen molar-refractivity contribution >= 4 is 17.1 Å². The van der Waals surface area contributed by atoms with E-state index >= 15 is 0 Å². The third kappa shape index (κ3) is 5.70. The maximum Gasteiger partial charge on any atom is 0.420 e. The first kappa shape index (κ1) is 26.1. The van der Waals surface area contributed by atoms with Crippen LogP contribution in [0.3, 0.4) is 0 Å². The van der Waals surface area contributed by atoms with E-state index in [4.69, 9.17) is 14.5 Å². The van der Waals surface area contributed by atoms with Gasteiger partial charge in [-0.2, -0.15) is 13.2 Å². The maximum absolute atomic E-state index is 13.9. The number of alkyl halides is 3. The number of ether oxygens (including phenoxy) is 2. The van der Waals surface area contributed by atoms with E-state index in [2.05, 4.69) is 4.98 Å². The van der Waals surface area contributed by atoms with Gasteiger partial charge in [0, 0.05) is 43.1 Å². The Morgan fingerprint density at radius 3 is 2.50 bits per heavy atom. The first-order chi connectivity index (χ1) is 16.8. The summed E-state index contributed by atoms with van der Waals surface area (Å²) in [6, 6.07) is 5.23. The summed E-state index contributed by atoms with van der Waals surface area (Å²) >= 11 is 0. The topological polar surface area (TPSA) is 69.5 Å². The fraction of sp³-hybridized carbons (Fsp3) is 0.500. The molecular formula is C26H31F3N4O3. The van der Waals surface area contributed by atoms with Gasteiger partial charge in [-0.15, -0.1) is 0 Å². The summed E-state index contributed by atoms with van der Waals surface area (Å²) in [5.41, 5.74) is 1.04. The minimum atomic E-state index is -4.68. The van der Waals surface area contributed by atoms with Gasteiger partial charge in [-0.25, -0.2) is 14.3 Å². The number of aromatic nitrogens is 3. The van der Waals surface area contributed by atoms with Crippen LogP contribution in [0.15, 0.2) is 30.6 Å². The predicted octanol–water partition coefficient (Wildman–Crippen LogP) is 5.86. The zero-order chi connectivity index (χ0) is 26.3. The molecule has 0 aromatic carbocycles. The number of rotatable bonds is 4. The van der Waals surface area contributed by atoms with Crippen LogP contribution < -0.4 is 0 Å². The van der Waals surface area contributed by atoms with Crippen LogP contribution in [-0.2, 0) is 22.2 Å². The number of fused-ring (bicyclic) bond motifs is 1. The van der Waals surface area contributed by atoms with E-state index < -0.39 is 23.4 Å². The molecule has 1 aliphatic rings. The van der Waals surface area contributed by atoms with Crippen molar-refractivity contribution in [1.82, 2.24) is 19.4 Å². The highest BCUT2D eigenvalue weighted by Gasteiger charge is 2.36. The molecule has 0 unspecified atom stereocenters. The Labute approximate surface area is 208 Å². The van der Waals surface area contributed by atoms with Crippen LogP contribution >= 0.6 is 0 Å². The Morgan fingerprint density at radius 2 is 1.89 bits per heavy atom. The van der Waals surface area contributed by atoms with Crippen LogP contribution in [0, 0.1) is 0 Å². The lowest BCUT2D eigenvalue weighted by Crippen LogP contribution is -2.27. The Kier molecular flexibility index (Phi) is 7.12. The quantitative estimate of drug-likeness (QED) is 0.444. The second kappa shape index (κ2) is 9.82. The van der Waals surface area contributed by atoms with E-state index in [0.717, 1.165) is 34.9 Å². The van der Waals surface area contributed by atoms with Crippen LogP contribution in [0.4, 0.5) is 18.0 Å². The molecule has 3 aromatic heterocycles. The number of pyridine rings is 2. The van der Waals surface area contributed by atoms with E-state index in [1.54, 1.807) is 20.8 Å². The molecule has 0 spiro atoms. The van der Waals surface area contributed by atoms with Gasteiger partial charge in [0.1, 0.15) is 11.2 Å². The van der Waals surface area contributed by atoms with Crippen molar-refractivity contribution < 1.29 is 27.4 Å². The average Bonchev–Trinajstić information content (AvgIpc) is 3.18. The molecule has 4 heterocycles. The highest BCUT2D eigenvalue weighted by atomic mass is 19.4. The molecular weight excluding hydrogens is 473 g/mol. The molecule has 10 heteroatoms. The van der Waals surface area contributed by atoms with Gasteiger partial charge in [0.2, 0.25) is 0 Å². The first-order valence-electron chi connectivity index (χ1n) is 11.9. The summed E-state index contributed by atoms with van der Waals surface area (Å²) in [5, 5.41) is -0.185. The number of hydrogen-bond acceptors (Lipinski definition) is 6. The van der Waals surface area contributed by atoms with Crippen LogP contribution in [0.2, 0.25) is 0 Å². The molecule has 194 valence electrons. The van der Waals surface area contributed by atoms with E-state index in [1.807, 2.05) is 31.1 Å². The molecule has 0 aliphatic carbocycles. The molecule has 36 heavy (non-hydrogen) atoms. The average molecular weight is 505 g/mol. The van der Waals surface area contributed by atoms with E-state index in [0.29, 0.717) is 36.9 Å². The molecule has 0 radical (unpaired) electrons. The zero-order valence-electron chi connectivity index (χ0n) is 21.1. The molecule has 4 rings (SSSR count). The number of carbonyl (C=O) groups is 1. The number of carbonyl (C=O) groups excluding carboxylic acids is 1. The minimum absolute atomic E-state index is 0.118. The van der Waals surface area contributed by atoms with Gasteiger partial charge < -0.3 is 14.4 Å². The Bertz CT molecular complexity index is 1260. The van der Waals surface area contributed by atoms with Gasteiger partial charge >= 0.3 is 12.3 Å². The Morgan fingerprint density at radius 1 is 1.19 bits per heavy atom. The molecule has 1 saturated heterocycles. The van der Waals surface area contributed by atoms with Gasteiger partial charge in [-0.3, -0.25) is 4.98 Å². The van der Waals surface area contributed by atoms with Crippen molar-refractivity contribution in [3.63, 3.8) is 0 Å². The molecule has 0 N–H and O–H groups in total. The third-order valence-corrected chi connectivity index (χ3v) is 5.97.